The molecule has 2 heterocycles. The first-order valence-electron chi connectivity index (χ1n) is 8.60. The minimum atomic E-state index is -1.00. The van der Waals surface area contributed by atoms with Crippen molar-refractivity contribution in [2.24, 2.45) is 5.11 Å². The van der Waals surface area contributed by atoms with Crippen LogP contribution in [-0.2, 0) is 14.3 Å². The largest absolute Gasteiger partial charge is 0.491 e. The van der Waals surface area contributed by atoms with Crippen molar-refractivity contribution in [1.29, 1.82) is 0 Å². The Balaban J connectivity index is 1.62. The second-order valence-corrected chi connectivity index (χ2v) is 6.07. The van der Waals surface area contributed by atoms with Crippen LogP contribution in [0.5, 0.6) is 5.75 Å². The molecule has 1 aromatic carbocycles. The van der Waals surface area contributed by atoms with Crippen molar-refractivity contribution in [2.75, 3.05) is 26.4 Å². The summed E-state index contributed by atoms with van der Waals surface area (Å²) in [5, 5.41) is 5.48. The summed E-state index contributed by atoms with van der Waals surface area (Å²) < 4.78 is 10.7. The van der Waals surface area contributed by atoms with Gasteiger partial charge >= 0.3 is 0 Å². The summed E-state index contributed by atoms with van der Waals surface area (Å²) in [5.74, 6) is -1.85. The number of imide groups is 2. The first-order chi connectivity index (χ1) is 13.5. The summed E-state index contributed by atoms with van der Waals surface area (Å²) >= 11 is 0. The number of carbonyl (C=O) groups excluding carboxylic acids is 4. The standard InChI is InChI=1S/C17H17N5O6/c18-21-19-5-6-27-7-8-28-10-1-2-11-12(9-10)17(26)22(16(11)25)13-3-4-14(23)20-15(13)24/h1-2,9,13H,3-8H2,(H,20,23,24). The third-order valence-electron chi connectivity index (χ3n) is 4.31. The number of nitrogens with zero attached hydrogens (tertiary/aromatic N) is 4. The van der Waals surface area contributed by atoms with E-state index in [-0.39, 0.29) is 50.3 Å². The molecule has 11 heteroatoms. The van der Waals surface area contributed by atoms with Gasteiger partial charge in [-0.1, -0.05) is 5.11 Å². The number of amides is 4. The van der Waals surface area contributed by atoms with E-state index in [0.717, 1.165) is 4.90 Å². The van der Waals surface area contributed by atoms with Crippen LogP contribution in [0, 0.1) is 0 Å². The molecule has 4 amide bonds. The molecule has 2 aliphatic rings. The molecule has 1 aromatic rings. The van der Waals surface area contributed by atoms with E-state index < -0.39 is 29.7 Å². The number of benzene rings is 1. The van der Waals surface area contributed by atoms with Crippen molar-refractivity contribution >= 4 is 23.6 Å². The van der Waals surface area contributed by atoms with Crippen molar-refractivity contribution in [3.8, 4) is 5.75 Å². The Kier molecular flexibility index (Phi) is 5.87. The van der Waals surface area contributed by atoms with Gasteiger partial charge in [-0.15, -0.1) is 0 Å². The normalized spacial score (nSPS) is 18.6. The molecule has 1 N–H and O–H groups in total. The lowest BCUT2D eigenvalue weighted by Crippen LogP contribution is -2.54. The van der Waals surface area contributed by atoms with Gasteiger partial charge in [0.25, 0.3) is 11.8 Å². The fourth-order valence-electron chi connectivity index (χ4n) is 3.01. The zero-order valence-corrected chi connectivity index (χ0v) is 14.8. The molecular formula is C17H17N5O6. The molecule has 0 spiro atoms. The Morgan fingerprint density at radius 1 is 1.14 bits per heavy atom. The van der Waals surface area contributed by atoms with Crippen LogP contribution in [0.25, 0.3) is 10.4 Å². The number of rotatable bonds is 8. The molecule has 0 radical (unpaired) electrons. The van der Waals surface area contributed by atoms with Crippen LogP contribution in [0.2, 0.25) is 0 Å². The topological polar surface area (TPSA) is 151 Å². The van der Waals surface area contributed by atoms with Crippen LogP contribution in [0.4, 0.5) is 0 Å². The fourth-order valence-corrected chi connectivity index (χ4v) is 3.01. The maximum absolute atomic E-state index is 12.7. The molecule has 0 aromatic heterocycles. The van der Waals surface area contributed by atoms with Gasteiger partial charge in [-0.2, -0.15) is 0 Å². The molecule has 1 atom stereocenters. The maximum atomic E-state index is 12.7. The molecule has 1 saturated heterocycles. The third-order valence-corrected chi connectivity index (χ3v) is 4.31. The third kappa shape index (κ3) is 3.95. The van der Waals surface area contributed by atoms with Crippen LogP contribution in [0.15, 0.2) is 23.3 Å². The van der Waals surface area contributed by atoms with E-state index in [4.69, 9.17) is 15.0 Å². The molecule has 1 unspecified atom stereocenters. The van der Waals surface area contributed by atoms with Gasteiger partial charge in [0.15, 0.2) is 0 Å². The molecule has 28 heavy (non-hydrogen) atoms. The first-order valence-corrected chi connectivity index (χ1v) is 8.60. The van der Waals surface area contributed by atoms with Gasteiger partial charge in [0.2, 0.25) is 11.8 Å². The molecule has 2 aliphatic heterocycles. The van der Waals surface area contributed by atoms with Gasteiger partial charge in [-0.3, -0.25) is 29.4 Å². The lowest BCUT2D eigenvalue weighted by Gasteiger charge is -2.27. The number of nitrogens with one attached hydrogen (secondary N) is 1. The number of hydrogen-bond donors (Lipinski definition) is 1. The monoisotopic (exact) mass is 387 g/mol. The number of piperidine rings is 1. The summed E-state index contributed by atoms with van der Waals surface area (Å²) in [4.78, 5) is 52.1. The second kappa shape index (κ2) is 8.51. The molecular weight excluding hydrogens is 370 g/mol. The lowest BCUT2D eigenvalue weighted by atomic mass is 10.0. The highest BCUT2D eigenvalue weighted by Gasteiger charge is 2.44. The summed E-state index contributed by atoms with van der Waals surface area (Å²) in [7, 11) is 0. The second-order valence-electron chi connectivity index (χ2n) is 6.07. The zero-order chi connectivity index (χ0) is 20.1. The van der Waals surface area contributed by atoms with Crippen LogP contribution >= 0.6 is 0 Å². The van der Waals surface area contributed by atoms with Crippen LogP contribution in [-0.4, -0.2) is 60.9 Å². The van der Waals surface area contributed by atoms with Crippen LogP contribution < -0.4 is 10.1 Å². The van der Waals surface area contributed by atoms with E-state index in [1.165, 1.54) is 12.1 Å². The highest BCUT2D eigenvalue weighted by molar-refractivity contribution is 6.23. The van der Waals surface area contributed by atoms with Crippen LogP contribution in [0.1, 0.15) is 33.6 Å². The van der Waals surface area contributed by atoms with Crippen molar-refractivity contribution in [2.45, 2.75) is 18.9 Å². The van der Waals surface area contributed by atoms with Crippen LogP contribution in [0.3, 0.4) is 0 Å². The lowest BCUT2D eigenvalue weighted by molar-refractivity contribution is -0.136. The van der Waals surface area contributed by atoms with Gasteiger partial charge in [-0.05, 0) is 30.2 Å². The van der Waals surface area contributed by atoms with E-state index in [1.807, 2.05) is 0 Å². The Hall–Kier alpha value is -3.43. The predicted octanol–water partition coefficient (Wildman–Crippen LogP) is 0.793. The fraction of sp³-hybridized carbons (Fsp3) is 0.412. The average Bonchev–Trinajstić information content (AvgIpc) is 2.92. The number of carbonyl (C=O) groups is 4. The maximum Gasteiger partial charge on any atom is 0.262 e. The smallest absolute Gasteiger partial charge is 0.262 e. The van der Waals surface area contributed by atoms with E-state index in [9.17, 15) is 19.2 Å². The van der Waals surface area contributed by atoms with E-state index >= 15 is 0 Å². The molecule has 0 aliphatic carbocycles. The Morgan fingerprint density at radius 2 is 1.93 bits per heavy atom. The van der Waals surface area contributed by atoms with Crippen molar-refractivity contribution in [3.63, 3.8) is 0 Å². The highest BCUT2D eigenvalue weighted by atomic mass is 16.5. The molecule has 146 valence electrons. The van der Waals surface area contributed by atoms with Crippen molar-refractivity contribution < 1.29 is 28.7 Å². The molecule has 3 rings (SSSR count). The first kappa shape index (κ1) is 19.3. The molecule has 0 saturated carbocycles. The summed E-state index contributed by atoms with van der Waals surface area (Å²) in [6.07, 6.45) is 0.171. The number of hydrogen-bond acceptors (Lipinski definition) is 7. The van der Waals surface area contributed by atoms with Gasteiger partial charge < -0.3 is 9.47 Å². The van der Waals surface area contributed by atoms with E-state index in [0.29, 0.717) is 5.75 Å². The number of fused-ring (bicyclic) bond motifs is 1. The number of ether oxygens (including phenoxy) is 2. The van der Waals surface area contributed by atoms with Gasteiger partial charge in [0.1, 0.15) is 18.4 Å². The van der Waals surface area contributed by atoms with E-state index in [1.54, 1.807) is 6.07 Å². The predicted molar refractivity (Wildman–Crippen MR) is 93.4 cm³/mol. The highest BCUT2D eigenvalue weighted by Crippen LogP contribution is 2.30. The van der Waals surface area contributed by atoms with Gasteiger partial charge in [0.05, 0.1) is 24.3 Å². The summed E-state index contributed by atoms with van der Waals surface area (Å²) in [6, 6.07) is 3.47. The van der Waals surface area contributed by atoms with Gasteiger partial charge in [-0.25, -0.2) is 0 Å². The molecule has 0 bridgehead atoms. The van der Waals surface area contributed by atoms with E-state index in [2.05, 4.69) is 15.3 Å². The Bertz CT molecular complexity index is 879. The van der Waals surface area contributed by atoms with Crippen molar-refractivity contribution in [3.05, 3.63) is 39.8 Å². The summed E-state index contributed by atoms with van der Waals surface area (Å²) in [6.45, 7) is 0.953. The molecule has 11 nitrogen and oxygen atoms in total. The quantitative estimate of drug-likeness (QED) is 0.229. The minimum absolute atomic E-state index is 0.0673. The molecule has 1 fully saturated rings. The zero-order valence-electron chi connectivity index (χ0n) is 14.8. The Labute approximate surface area is 159 Å². The summed E-state index contributed by atoms with van der Waals surface area (Å²) in [5.41, 5.74) is 8.49. The minimum Gasteiger partial charge on any atom is -0.491 e. The average molecular weight is 387 g/mol. The number of azide groups is 1. The van der Waals surface area contributed by atoms with Gasteiger partial charge in [0, 0.05) is 17.9 Å². The Morgan fingerprint density at radius 3 is 2.68 bits per heavy atom. The van der Waals surface area contributed by atoms with Crippen molar-refractivity contribution in [1.82, 2.24) is 10.2 Å². The SMILES string of the molecule is [N-]=[N+]=NCCOCCOc1ccc2c(c1)C(=O)N(C1CCC(=O)NC1=O)C2=O.